The summed E-state index contributed by atoms with van der Waals surface area (Å²) < 4.78 is 7.20. The molecule has 0 N–H and O–H groups in total. The van der Waals surface area contributed by atoms with E-state index in [4.69, 9.17) is 9.68 Å². The van der Waals surface area contributed by atoms with E-state index in [0.717, 1.165) is 10.9 Å². The molecule has 4 nitrogen and oxygen atoms in total. The maximum atomic E-state index is 8.49. The molecule has 0 atom stereocenters. The van der Waals surface area contributed by atoms with E-state index in [9.17, 15) is 0 Å². The van der Waals surface area contributed by atoms with E-state index in [2.05, 4.69) is 11.1 Å². The van der Waals surface area contributed by atoms with Crippen LogP contribution in [0.25, 0.3) is 0 Å². The standard InChI is InChI=1S/C10H9N3OS/c11-3-7-15-10-12-4-5-13(10)8-9-2-1-6-14-9/h1-2,4-6H,7-8H2. The van der Waals surface area contributed by atoms with Crippen LogP contribution in [0.2, 0.25) is 0 Å². The van der Waals surface area contributed by atoms with Crippen LogP contribution in [0.4, 0.5) is 0 Å². The molecule has 2 aromatic rings. The number of hydrogen-bond acceptors (Lipinski definition) is 4. The molecule has 0 aromatic carbocycles. The van der Waals surface area contributed by atoms with E-state index in [1.807, 2.05) is 22.9 Å². The van der Waals surface area contributed by atoms with Gasteiger partial charge in [-0.15, -0.1) is 0 Å². The fourth-order valence-corrected chi connectivity index (χ4v) is 1.84. The van der Waals surface area contributed by atoms with Gasteiger partial charge < -0.3 is 8.98 Å². The first-order valence-electron chi connectivity index (χ1n) is 4.43. The Hall–Kier alpha value is -1.67. The Morgan fingerprint density at radius 2 is 2.53 bits per heavy atom. The highest BCUT2D eigenvalue weighted by molar-refractivity contribution is 7.99. The summed E-state index contributed by atoms with van der Waals surface area (Å²) in [6.07, 6.45) is 5.25. The van der Waals surface area contributed by atoms with Crippen molar-refractivity contribution in [1.29, 1.82) is 5.26 Å². The van der Waals surface area contributed by atoms with Gasteiger partial charge in [-0.25, -0.2) is 4.98 Å². The molecule has 0 saturated heterocycles. The van der Waals surface area contributed by atoms with Gasteiger partial charge in [0.1, 0.15) is 5.76 Å². The van der Waals surface area contributed by atoms with Crippen molar-refractivity contribution in [2.45, 2.75) is 11.7 Å². The first-order valence-corrected chi connectivity index (χ1v) is 5.42. The molecular formula is C10H9N3OS. The van der Waals surface area contributed by atoms with E-state index >= 15 is 0 Å². The van der Waals surface area contributed by atoms with Gasteiger partial charge >= 0.3 is 0 Å². The van der Waals surface area contributed by atoms with Crippen LogP contribution in [0.5, 0.6) is 0 Å². The topological polar surface area (TPSA) is 54.8 Å². The average Bonchev–Trinajstić information content (AvgIpc) is 2.87. The van der Waals surface area contributed by atoms with Gasteiger partial charge in [0, 0.05) is 12.4 Å². The zero-order chi connectivity index (χ0) is 10.5. The van der Waals surface area contributed by atoms with Crippen LogP contribution >= 0.6 is 11.8 Å². The molecule has 0 aliphatic rings. The largest absolute Gasteiger partial charge is 0.467 e. The summed E-state index contributed by atoms with van der Waals surface area (Å²) in [4.78, 5) is 4.17. The molecule has 5 heteroatoms. The lowest BCUT2D eigenvalue weighted by molar-refractivity contribution is 0.484. The zero-order valence-electron chi connectivity index (χ0n) is 7.96. The van der Waals surface area contributed by atoms with Crippen molar-refractivity contribution in [3.63, 3.8) is 0 Å². The molecule has 15 heavy (non-hydrogen) atoms. The predicted molar refractivity (Wildman–Crippen MR) is 56.4 cm³/mol. The lowest BCUT2D eigenvalue weighted by Gasteiger charge is -2.02. The molecule has 0 bridgehead atoms. The minimum Gasteiger partial charge on any atom is -0.467 e. The Labute approximate surface area is 91.5 Å². The van der Waals surface area contributed by atoms with Crippen molar-refractivity contribution in [1.82, 2.24) is 9.55 Å². The van der Waals surface area contributed by atoms with E-state index in [-0.39, 0.29) is 0 Å². The highest BCUT2D eigenvalue weighted by atomic mass is 32.2. The SMILES string of the molecule is N#CCSc1nccn1Cc1ccco1. The van der Waals surface area contributed by atoms with E-state index in [0.29, 0.717) is 12.3 Å². The summed E-state index contributed by atoms with van der Waals surface area (Å²) in [6.45, 7) is 0.654. The van der Waals surface area contributed by atoms with Crippen LogP contribution in [0.15, 0.2) is 40.4 Å². The number of imidazole rings is 1. The van der Waals surface area contributed by atoms with Gasteiger partial charge in [0.2, 0.25) is 0 Å². The first-order chi connectivity index (χ1) is 7.40. The molecule has 0 spiro atoms. The quantitative estimate of drug-likeness (QED) is 0.739. The molecule has 0 unspecified atom stereocenters. The van der Waals surface area contributed by atoms with Crippen LogP contribution in [-0.2, 0) is 6.54 Å². The minimum atomic E-state index is 0.412. The first kappa shape index (κ1) is 9.87. The summed E-state index contributed by atoms with van der Waals surface area (Å²) in [5.41, 5.74) is 0. The maximum Gasteiger partial charge on any atom is 0.169 e. The summed E-state index contributed by atoms with van der Waals surface area (Å²) >= 11 is 1.42. The number of aromatic nitrogens is 2. The highest BCUT2D eigenvalue weighted by Gasteiger charge is 2.04. The van der Waals surface area contributed by atoms with Crippen molar-refractivity contribution in [3.05, 3.63) is 36.5 Å². The molecule has 0 aliphatic heterocycles. The van der Waals surface area contributed by atoms with Gasteiger partial charge in [-0.1, -0.05) is 11.8 Å². The van der Waals surface area contributed by atoms with E-state index in [1.54, 1.807) is 12.5 Å². The smallest absolute Gasteiger partial charge is 0.169 e. The number of thioether (sulfide) groups is 1. The number of nitriles is 1. The van der Waals surface area contributed by atoms with Crippen LogP contribution < -0.4 is 0 Å². The molecular weight excluding hydrogens is 210 g/mol. The van der Waals surface area contributed by atoms with Gasteiger partial charge in [0.05, 0.1) is 24.6 Å². The summed E-state index contributed by atoms with van der Waals surface area (Å²) in [5, 5.41) is 9.33. The number of nitrogens with zero attached hydrogens (tertiary/aromatic N) is 3. The number of hydrogen-bond donors (Lipinski definition) is 0. The Morgan fingerprint density at radius 1 is 1.60 bits per heavy atom. The number of rotatable bonds is 4. The second kappa shape index (κ2) is 4.71. The lowest BCUT2D eigenvalue weighted by Crippen LogP contribution is -1.99. The normalized spacial score (nSPS) is 10.1. The molecule has 0 radical (unpaired) electrons. The molecule has 2 heterocycles. The van der Waals surface area contributed by atoms with Gasteiger partial charge in [0.15, 0.2) is 5.16 Å². The van der Waals surface area contributed by atoms with Crippen LogP contribution in [0.3, 0.4) is 0 Å². The van der Waals surface area contributed by atoms with Crippen LogP contribution in [0, 0.1) is 11.3 Å². The Bertz CT molecular complexity index is 455. The molecule has 0 amide bonds. The van der Waals surface area contributed by atoms with Crippen molar-refractivity contribution in [2.75, 3.05) is 5.75 Å². The summed E-state index contributed by atoms with van der Waals surface area (Å²) in [6, 6.07) is 5.85. The fraction of sp³-hybridized carbons (Fsp3) is 0.200. The summed E-state index contributed by atoms with van der Waals surface area (Å²) in [5.74, 6) is 1.29. The zero-order valence-corrected chi connectivity index (χ0v) is 8.78. The van der Waals surface area contributed by atoms with Crippen LogP contribution in [0.1, 0.15) is 5.76 Å². The molecule has 2 aromatic heterocycles. The highest BCUT2D eigenvalue weighted by Crippen LogP contribution is 2.16. The Balaban J connectivity index is 2.08. The van der Waals surface area contributed by atoms with Crippen molar-refractivity contribution >= 4 is 11.8 Å². The third-order valence-corrected chi connectivity index (χ3v) is 2.72. The van der Waals surface area contributed by atoms with Gasteiger partial charge in [-0.3, -0.25) is 0 Å². The minimum absolute atomic E-state index is 0.412. The van der Waals surface area contributed by atoms with Gasteiger partial charge in [-0.05, 0) is 12.1 Å². The maximum absolute atomic E-state index is 8.49. The van der Waals surface area contributed by atoms with Crippen molar-refractivity contribution in [2.24, 2.45) is 0 Å². The third kappa shape index (κ3) is 2.42. The van der Waals surface area contributed by atoms with Crippen LogP contribution in [-0.4, -0.2) is 15.3 Å². The molecule has 0 aliphatic carbocycles. The summed E-state index contributed by atoms with van der Waals surface area (Å²) in [7, 11) is 0. The van der Waals surface area contributed by atoms with Crippen molar-refractivity contribution in [3.8, 4) is 6.07 Å². The third-order valence-electron chi connectivity index (χ3n) is 1.85. The molecule has 76 valence electrons. The molecule has 2 rings (SSSR count). The lowest BCUT2D eigenvalue weighted by atomic mass is 10.4. The Kier molecular flexibility index (Phi) is 3.10. The second-order valence-corrected chi connectivity index (χ2v) is 3.81. The van der Waals surface area contributed by atoms with E-state index < -0.39 is 0 Å². The average molecular weight is 219 g/mol. The monoisotopic (exact) mass is 219 g/mol. The predicted octanol–water partition coefficient (Wildman–Crippen LogP) is 2.14. The molecule has 0 fully saturated rings. The van der Waals surface area contributed by atoms with Gasteiger partial charge in [-0.2, -0.15) is 5.26 Å². The second-order valence-electron chi connectivity index (χ2n) is 2.86. The van der Waals surface area contributed by atoms with E-state index in [1.165, 1.54) is 11.8 Å². The number of furan rings is 1. The van der Waals surface area contributed by atoms with Crippen molar-refractivity contribution < 1.29 is 4.42 Å². The van der Waals surface area contributed by atoms with Gasteiger partial charge in [0.25, 0.3) is 0 Å². The Morgan fingerprint density at radius 3 is 3.27 bits per heavy atom. The fourth-order valence-electron chi connectivity index (χ4n) is 1.22. The molecule has 0 saturated carbocycles.